The molecular formula is C10H14F2. The standard InChI is InChI=1S/C10H14F2/c1-9-3-6-2-7(4-9)10(11,12)8(6)5-9/h6-8H,2-5H2,1H3. The van der Waals surface area contributed by atoms with Gasteiger partial charge in [0.05, 0.1) is 0 Å². The van der Waals surface area contributed by atoms with Gasteiger partial charge in [-0.05, 0) is 37.0 Å². The maximum Gasteiger partial charge on any atom is 0.253 e. The van der Waals surface area contributed by atoms with E-state index in [-0.39, 0.29) is 11.8 Å². The summed E-state index contributed by atoms with van der Waals surface area (Å²) < 4.78 is 27.0. The van der Waals surface area contributed by atoms with Crippen molar-refractivity contribution in [3.05, 3.63) is 0 Å². The van der Waals surface area contributed by atoms with E-state index in [1.165, 1.54) is 0 Å². The molecule has 0 amide bonds. The van der Waals surface area contributed by atoms with E-state index in [0.717, 1.165) is 25.7 Å². The third-order valence-corrected chi connectivity index (χ3v) is 4.40. The normalized spacial score (nSPS) is 59.8. The predicted octanol–water partition coefficient (Wildman–Crippen LogP) is 3.08. The van der Waals surface area contributed by atoms with E-state index in [1.54, 1.807) is 0 Å². The lowest BCUT2D eigenvalue weighted by atomic mass is 9.70. The molecule has 4 saturated carbocycles. The fourth-order valence-corrected chi connectivity index (χ4v) is 4.06. The van der Waals surface area contributed by atoms with Crippen LogP contribution >= 0.6 is 0 Å². The number of rotatable bonds is 0. The predicted molar refractivity (Wildman–Crippen MR) is 42.0 cm³/mol. The summed E-state index contributed by atoms with van der Waals surface area (Å²) >= 11 is 0. The molecule has 4 atom stereocenters. The van der Waals surface area contributed by atoms with Crippen LogP contribution in [0.2, 0.25) is 0 Å². The molecule has 0 aromatic rings. The zero-order valence-corrected chi connectivity index (χ0v) is 7.32. The summed E-state index contributed by atoms with van der Waals surface area (Å²) in [4.78, 5) is 0. The van der Waals surface area contributed by atoms with E-state index >= 15 is 0 Å². The second-order valence-corrected chi connectivity index (χ2v) is 5.40. The quantitative estimate of drug-likeness (QED) is 0.526. The maximum atomic E-state index is 13.5. The second-order valence-electron chi connectivity index (χ2n) is 5.40. The van der Waals surface area contributed by atoms with Crippen molar-refractivity contribution >= 4 is 0 Å². The Morgan fingerprint density at radius 1 is 1.17 bits per heavy atom. The van der Waals surface area contributed by atoms with Crippen LogP contribution in [-0.4, -0.2) is 5.92 Å². The highest BCUT2D eigenvalue weighted by Gasteiger charge is 2.67. The van der Waals surface area contributed by atoms with Crippen molar-refractivity contribution in [1.82, 2.24) is 0 Å². The highest BCUT2D eigenvalue weighted by atomic mass is 19.3. The van der Waals surface area contributed by atoms with Gasteiger partial charge in [0, 0.05) is 11.8 Å². The molecule has 0 aromatic carbocycles. The molecule has 0 heterocycles. The molecule has 0 spiro atoms. The topological polar surface area (TPSA) is 0 Å². The van der Waals surface area contributed by atoms with Crippen LogP contribution in [0, 0.1) is 23.2 Å². The minimum absolute atomic E-state index is 0.249. The van der Waals surface area contributed by atoms with Crippen LogP contribution < -0.4 is 0 Å². The zero-order valence-electron chi connectivity index (χ0n) is 7.32. The molecule has 4 rings (SSSR count). The third-order valence-electron chi connectivity index (χ3n) is 4.40. The molecule has 68 valence electrons. The van der Waals surface area contributed by atoms with Crippen LogP contribution in [0.1, 0.15) is 32.6 Å². The first-order valence-corrected chi connectivity index (χ1v) is 4.89. The van der Waals surface area contributed by atoms with E-state index in [0.29, 0.717) is 11.3 Å². The summed E-state index contributed by atoms with van der Waals surface area (Å²) in [5.41, 5.74) is 0.292. The van der Waals surface area contributed by atoms with Gasteiger partial charge in [-0.2, -0.15) is 0 Å². The molecule has 0 radical (unpaired) electrons. The van der Waals surface area contributed by atoms with E-state index in [1.807, 2.05) is 0 Å². The van der Waals surface area contributed by atoms with Crippen molar-refractivity contribution in [2.24, 2.45) is 23.2 Å². The van der Waals surface area contributed by atoms with Gasteiger partial charge in [-0.1, -0.05) is 6.92 Å². The lowest BCUT2D eigenvalue weighted by Gasteiger charge is -2.38. The Morgan fingerprint density at radius 3 is 2.50 bits per heavy atom. The van der Waals surface area contributed by atoms with Crippen molar-refractivity contribution < 1.29 is 8.78 Å². The molecule has 0 nitrogen and oxygen atoms in total. The minimum Gasteiger partial charge on any atom is -0.206 e. The van der Waals surface area contributed by atoms with Crippen LogP contribution in [0.25, 0.3) is 0 Å². The molecule has 4 bridgehead atoms. The van der Waals surface area contributed by atoms with Crippen LogP contribution in [0.15, 0.2) is 0 Å². The third kappa shape index (κ3) is 0.637. The fraction of sp³-hybridized carbons (Fsp3) is 1.00. The van der Waals surface area contributed by atoms with Crippen LogP contribution in [-0.2, 0) is 0 Å². The molecule has 2 heteroatoms. The van der Waals surface area contributed by atoms with Crippen molar-refractivity contribution in [2.45, 2.75) is 38.5 Å². The van der Waals surface area contributed by atoms with Gasteiger partial charge >= 0.3 is 0 Å². The van der Waals surface area contributed by atoms with Gasteiger partial charge in [-0.25, -0.2) is 8.78 Å². The Balaban J connectivity index is 2.04. The van der Waals surface area contributed by atoms with Gasteiger partial charge in [0.1, 0.15) is 0 Å². The SMILES string of the molecule is CC12CC3CC(C1)C(F)(F)C3C2. The largest absolute Gasteiger partial charge is 0.253 e. The first-order valence-electron chi connectivity index (χ1n) is 4.89. The number of hydrogen-bond donors (Lipinski definition) is 0. The molecule has 0 N–H and O–H groups in total. The van der Waals surface area contributed by atoms with Crippen molar-refractivity contribution in [3.63, 3.8) is 0 Å². The maximum absolute atomic E-state index is 13.5. The average molecular weight is 172 g/mol. The van der Waals surface area contributed by atoms with E-state index in [9.17, 15) is 8.78 Å². The molecule has 4 unspecified atom stereocenters. The summed E-state index contributed by atoms with van der Waals surface area (Å²) in [5, 5.41) is 0. The number of alkyl halides is 2. The number of halogens is 2. The summed E-state index contributed by atoms with van der Waals surface area (Å²) in [7, 11) is 0. The lowest BCUT2D eigenvalue weighted by molar-refractivity contribution is -0.113. The van der Waals surface area contributed by atoms with Crippen molar-refractivity contribution in [1.29, 1.82) is 0 Å². The van der Waals surface area contributed by atoms with Gasteiger partial charge in [0.2, 0.25) is 0 Å². The molecule has 4 aliphatic rings. The van der Waals surface area contributed by atoms with Crippen LogP contribution in [0.5, 0.6) is 0 Å². The Bertz CT molecular complexity index is 232. The molecule has 12 heavy (non-hydrogen) atoms. The minimum atomic E-state index is -2.30. The first-order chi connectivity index (χ1) is 5.51. The van der Waals surface area contributed by atoms with Gasteiger partial charge in [0.15, 0.2) is 0 Å². The van der Waals surface area contributed by atoms with Crippen molar-refractivity contribution in [3.8, 4) is 0 Å². The van der Waals surface area contributed by atoms with Crippen LogP contribution in [0.4, 0.5) is 8.78 Å². The molecular weight excluding hydrogens is 158 g/mol. The highest BCUT2D eigenvalue weighted by Crippen LogP contribution is 2.69. The lowest BCUT2D eigenvalue weighted by Crippen LogP contribution is -2.38. The highest BCUT2D eigenvalue weighted by molar-refractivity contribution is 5.11. The van der Waals surface area contributed by atoms with E-state index in [2.05, 4.69) is 6.92 Å². The molecule has 0 aliphatic heterocycles. The molecule has 0 aromatic heterocycles. The van der Waals surface area contributed by atoms with Gasteiger partial charge < -0.3 is 0 Å². The smallest absolute Gasteiger partial charge is 0.206 e. The summed E-state index contributed by atoms with van der Waals surface area (Å²) in [6.07, 6.45) is 3.46. The summed E-state index contributed by atoms with van der Waals surface area (Å²) in [5.74, 6) is -2.45. The average Bonchev–Trinajstić information content (AvgIpc) is 2.27. The summed E-state index contributed by atoms with van der Waals surface area (Å²) in [6, 6.07) is 0. The van der Waals surface area contributed by atoms with Gasteiger partial charge in [0.25, 0.3) is 5.92 Å². The molecule has 4 aliphatic carbocycles. The monoisotopic (exact) mass is 172 g/mol. The Morgan fingerprint density at radius 2 is 1.92 bits per heavy atom. The second kappa shape index (κ2) is 1.71. The van der Waals surface area contributed by atoms with E-state index in [4.69, 9.17) is 0 Å². The Hall–Kier alpha value is -0.140. The summed E-state index contributed by atoms with van der Waals surface area (Å²) in [6.45, 7) is 2.20. The van der Waals surface area contributed by atoms with Crippen molar-refractivity contribution in [2.75, 3.05) is 0 Å². The van der Waals surface area contributed by atoms with Gasteiger partial charge in [-0.15, -0.1) is 0 Å². The number of hydrogen-bond acceptors (Lipinski definition) is 0. The zero-order chi connectivity index (χ0) is 8.56. The fourth-order valence-electron chi connectivity index (χ4n) is 4.06. The van der Waals surface area contributed by atoms with Gasteiger partial charge in [-0.3, -0.25) is 0 Å². The Kier molecular flexibility index (Phi) is 1.04. The Labute approximate surface area is 71.3 Å². The molecule has 0 saturated heterocycles. The first kappa shape index (κ1) is 7.28. The molecule has 4 fully saturated rings. The van der Waals surface area contributed by atoms with E-state index < -0.39 is 5.92 Å². The van der Waals surface area contributed by atoms with Crippen LogP contribution in [0.3, 0.4) is 0 Å².